The molecule has 0 saturated carbocycles. The second-order valence-electron chi connectivity index (χ2n) is 1.31. The lowest BCUT2D eigenvalue weighted by atomic mass is 10.5. The van der Waals surface area contributed by atoms with Crippen molar-refractivity contribution in [2.24, 2.45) is 0 Å². The van der Waals surface area contributed by atoms with E-state index in [1.165, 1.54) is 13.1 Å². The Kier molecular flexibility index (Phi) is 3.88. The smallest absolute Gasteiger partial charge is 0.158 e. The van der Waals surface area contributed by atoms with Crippen LogP contribution in [0.5, 0.6) is 0 Å². The third kappa shape index (κ3) is 5.17. The predicted octanol–water partition coefficient (Wildman–Crippen LogP) is 0.240. The molecule has 0 radical (unpaired) electrons. The van der Waals surface area contributed by atoms with Gasteiger partial charge in [-0.1, -0.05) is 6.58 Å². The Labute approximate surface area is 48.3 Å². The molecule has 0 aromatic rings. The van der Waals surface area contributed by atoms with Crippen LogP contribution in [-0.4, -0.2) is 12.4 Å². The van der Waals surface area contributed by atoms with E-state index in [0.29, 0.717) is 0 Å². The monoisotopic (exact) mass is 115 g/mol. The number of hydrogen-bond acceptors (Lipinski definition) is 3. The first-order valence-electron chi connectivity index (χ1n) is 2.25. The summed E-state index contributed by atoms with van der Waals surface area (Å²) in [5, 5.41) is 0. The van der Waals surface area contributed by atoms with Crippen molar-refractivity contribution < 1.29 is 9.63 Å². The Morgan fingerprint density at radius 1 is 2.00 bits per heavy atom. The summed E-state index contributed by atoms with van der Waals surface area (Å²) in [6, 6.07) is 0. The molecule has 0 heterocycles. The second kappa shape index (κ2) is 4.33. The van der Waals surface area contributed by atoms with Crippen molar-refractivity contribution in [3.05, 3.63) is 12.8 Å². The molecule has 1 N–H and O–H groups in total. The maximum atomic E-state index is 10.1. The Balaban J connectivity index is 2.93. The van der Waals surface area contributed by atoms with Crippen LogP contribution < -0.4 is 5.48 Å². The van der Waals surface area contributed by atoms with Crippen LogP contribution in [0, 0.1) is 0 Å². The molecule has 0 atom stereocenters. The largest absolute Gasteiger partial charge is 0.297 e. The summed E-state index contributed by atoms with van der Waals surface area (Å²) in [6.07, 6.45) is 1.36. The topological polar surface area (TPSA) is 38.3 Å². The number of Topliss-reactive ketones (excluding diaryl/α,β-unsaturated/α-hetero) is 1. The lowest BCUT2D eigenvalue weighted by Crippen LogP contribution is -2.12. The van der Waals surface area contributed by atoms with E-state index in [1.54, 1.807) is 0 Å². The Morgan fingerprint density at radius 2 is 2.62 bits per heavy atom. The molecule has 8 heavy (non-hydrogen) atoms. The summed E-state index contributed by atoms with van der Waals surface area (Å²) < 4.78 is 0. The first kappa shape index (κ1) is 7.17. The minimum absolute atomic E-state index is 0.0145. The zero-order chi connectivity index (χ0) is 6.41. The molecular weight excluding hydrogens is 106 g/mol. The number of carbonyl (C=O) groups excluding carboxylic acids is 1. The molecule has 3 nitrogen and oxygen atoms in total. The number of hydrogen-bond donors (Lipinski definition) is 1. The predicted molar refractivity (Wildman–Crippen MR) is 30.0 cm³/mol. The van der Waals surface area contributed by atoms with Crippen LogP contribution in [-0.2, 0) is 9.63 Å². The fraction of sp³-hybridized carbons (Fsp3) is 0.400. The Morgan fingerprint density at radius 3 is 3.00 bits per heavy atom. The standard InChI is InChI=1S/C5H9NO2/c1-3-6-8-4-5(2)7/h3,6H,1,4H2,2H3. The molecule has 0 saturated heterocycles. The van der Waals surface area contributed by atoms with Gasteiger partial charge in [-0.2, -0.15) is 0 Å². The average Bonchev–Trinajstić information content (AvgIpc) is 1.66. The number of hydroxylamine groups is 1. The molecule has 0 unspecified atom stereocenters. The van der Waals surface area contributed by atoms with E-state index in [9.17, 15) is 4.79 Å². The highest BCUT2D eigenvalue weighted by Crippen LogP contribution is 1.68. The Hall–Kier alpha value is -0.830. The minimum atomic E-state index is -0.0145. The first-order valence-corrected chi connectivity index (χ1v) is 2.25. The average molecular weight is 115 g/mol. The van der Waals surface area contributed by atoms with Gasteiger partial charge in [-0.15, -0.1) is 0 Å². The third-order valence-electron chi connectivity index (χ3n) is 0.442. The molecule has 0 aliphatic heterocycles. The molecule has 3 heteroatoms. The van der Waals surface area contributed by atoms with Crippen molar-refractivity contribution in [3.63, 3.8) is 0 Å². The van der Waals surface area contributed by atoms with E-state index in [-0.39, 0.29) is 12.4 Å². The fourth-order valence-electron chi connectivity index (χ4n) is 0.202. The van der Waals surface area contributed by atoms with Crippen LogP contribution in [0.2, 0.25) is 0 Å². The summed E-state index contributed by atoms with van der Waals surface area (Å²) >= 11 is 0. The number of ketones is 1. The van der Waals surface area contributed by atoms with Gasteiger partial charge in [0.15, 0.2) is 5.78 Å². The molecule has 0 aliphatic rings. The van der Waals surface area contributed by atoms with E-state index >= 15 is 0 Å². The van der Waals surface area contributed by atoms with E-state index in [4.69, 9.17) is 0 Å². The first-order chi connectivity index (χ1) is 3.77. The maximum absolute atomic E-state index is 10.1. The minimum Gasteiger partial charge on any atom is -0.297 e. The van der Waals surface area contributed by atoms with Gasteiger partial charge in [-0.25, -0.2) is 0 Å². The normalized spacial score (nSPS) is 8.12. The fourth-order valence-corrected chi connectivity index (χ4v) is 0.202. The van der Waals surface area contributed by atoms with Crippen LogP contribution in [0.4, 0.5) is 0 Å². The molecule has 0 aromatic heterocycles. The van der Waals surface area contributed by atoms with E-state index in [1.807, 2.05) is 0 Å². The van der Waals surface area contributed by atoms with Crippen LogP contribution in [0.25, 0.3) is 0 Å². The van der Waals surface area contributed by atoms with Crippen molar-refractivity contribution in [2.75, 3.05) is 6.61 Å². The summed E-state index contributed by atoms with van der Waals surface area (Å²) in [4.78, 5) is 14.6. The lowest BCUT2D eigenvalue weighted by Gasteiger charge is -1.95. The number of carbonyl (C=O) groups is 1. The zero-order valence-electron chi connectivity index (χ0n) is 4.81. The highest BCUT2D eigenvalue weighted by atomic mass is 16.6. The van der Waals surface area contributed by atoms with Crippen molar-refractivity contribution in [1.29, 1.82) is 0 Å². The molecule has 0 aliphatic carbocycles. The van der Waals surface area contributed by atoms with Crippen molar-refractivity contribution in [2.45, 2.75) is 6.92 Å². The highest BCUT2D eigenvalue weighted by Gasteiger charge is 1.87. The summed E-state index contributed by atoms with van der Waals surface area (Å²) in [7, 11) is 0. The van der Waals surface area contributed by atoms with Gasteiger partial charge in [0.2, 0.25) is 0 Å². The van der Waals surface area contributed by atoms with Gasteiger partial charge in [-0.05, 0) is 6.92 Å². The third-order valence-corrected chi connectivity index (χ3v) is 0.442. The summed E-state index contributed by atoms with van der Waals surface area (Å²) in [5.74, 6) is -0.0145. The Bertz CT molecular complexity index is 90.4. The van der Waals surface area contributed by atoms with Crippen LogP contribution >= 0.6 is 0 Å². The van der Waals surface area contributed by atoms with Crippen LogP contribution in [0.3, 0.4) is 0 Å². The van der Waals surface area contributed by atoms with Gasteiger partial charge in [0.1, 0.15) is 6.61 Å². The van der Waals surface area contributed by atoms with Crippen molar-refractivity contribution in [3.8, 4) is 0 Å². The lowest BCUT2D eigenvalue weighted by molar-refractivity contribution is -0.123. The number of nitrogens with one attached hydrogen (secondary N) is 1. The SMILES string of the molecule is C=CNOCC(C)=O. The van der Waals surface area contributed by atoms with E-state index in [2.05, 4.69) is 16.9 Å². The van der Waals surface area contributed by atoms with Crippen molar-refractivity contribution >= 4 is 5.78 Å². The highest BCUT2D eigenvalue weighted by molar-refractivity contribution is 5.76. The molecule has 0 rings (SSSR count). The zero-order valence-corrected chi connectivity index (χ0v) is 4.81. The van der Waals surface area contributed by atoms with Gasteiger partial charge < -0.3 is 0 Å². The quantitative estimate of drug-likeness (QED) is 0.421. The molecule has 0 aromatic carbocycles. The second-order valence-corrected chi connectivity index (χ2v) is 1.31. The molecule has 46 valence electrons. The molecular formula is C5H9NO2. The van der Waals surface area contributed by atoms with E-state index in [0.717, 1.165) is 0 Å². The van der Waals surface area contributed by atoms with Crippen molar-refractivity contribution in [1.82, 2.24) is 5.48 Å². The van der Waals surface area contributed by atoms with Gasteiger partial charge in [0.05, 0.1) is 0 Å². The summed E-state index contributed by atoms with van der Waals surface area (Å²) in [6.45, 7) is 4.85. The van der Waals surface area contributed by atoms with Gasteiger partial charge in [0, 0.05) is 6.20 Å². The van der Waals surface area contributed by atoms with Crippen LogP contribution in [0.15, 0.2) is 12.8 Å². The number of rotatable bonds is 4. The summed E-state index contributed by atoms with van der Waals surface area (Å²) in [5.41, 5.74) is 2.32. The van der Waals surface area contributed by atoms with Crippen LogP contribution in [0.1, 0.15) is 6.92 Å². The molecule has 0 amide bonds. The molecule has 0 bridgehead atoms. The van der Waals surface area contributed by atoms with Gasteiger partial charge >= 0.3 is 0 Å². The van der Waals surface area contributed by atoms with Gasteiger partial charge in [0.25, 0.3) is 0 Å². The van der Waals surface area contributed by atoms with Gasteiger partial charge in [-0.3, -0.25) is 15.1 Å². The molecule has 0 fully saturated rings. The van der Waals surface area contributed by atoms with E-state index < -0.39 is 0 Å². The molecule has 0 spiro atoms. The maximum Gasteiger partial charge on any atom is 0.158 e.